The molecule has 0 fully saturated rings. The van der Waals surface area contributed by atoms with Gasteiger partial charge in [-0.25, -0.2) is 8.42 Å². The second kappa shape index (κ2) is 10.0. The number of hydrogen-bond donors (Lipinski definition) is 2. The molecule has 2 aromatic carbocycles. The number of aryl methyl sites for hydroxylation is 1. The van der Waals surface area contributed by atoms with E-state index in [0.717, 1.165) is 25.2 Å². The molecule has 0 aliphatic rings. The summed E-state index contributed by atoms with van der Waals surface area (Å²) < 4.78 is 28.7. The number of nitrogens with one attached hydrogen (secondary N) is 2. The lowest BCUT2D eigenvalue weighted by Gasteiger charge is -2.18. The molecule has 0 aliphatic carbocycles. The number of carbonyl (C=O) groups excluding carboxylic acids is 1. The van der Waals surface area contributed by atoms with E-state index in [9.17, 15) is 13.2 Å². The van der Waals surface area contributed by atoms with Crippen molar-refractivity contribution in [1.29, 1.82) is 0 Å². The summed E-state index contributed by atoms with van der Waals surface area (Å²) in [4.78, 5) is 14.6. The Balaban J connectivity index is 2.12. The Kier molecular flexibility index (Phi) is 8.03. The molecule has 0 radical (unpaired) electrons. The second-order valence-electron chi connectivity index (χ2n) is 6.40. The van der Waals surface area contributed by atoms with Gasteiger partial charge in [-0.1, -0.05) is 26.0 Å². The number of amides is 1. The molecule has 0 heterocycles. The SMILES string of the molecule is CCN(CC)CCNC(=O)c1cccc(S(=O)(=O)Nc2cc(C)ccc2Br)c1. The van der Waals surface area contributed by atoms with Crippen LogP contribution in [0.4, 0.5) is 5.69 Å². The summed E-state index contributed by atoms with van der Waals surface area (Å²) in [6.45, 7) is 9.11. The Hall–Kier alpha value is -1.90. The van der Waals surface area contributed by atoms with Gasteiger partial charge in [-0.2, -0.15) is 0 Å². The van der Waals surface area contributed by atoms with Gasteiger partial charge < -0.3 is 10.2 Å². The van der Waals surface area contributed by atoms with Crippen molar-refractivity contribution in [1.82, 2.24) is 10.2 Å². The number of halogens is 1. The van der Waals surface area contributed by atoms with E-state index in [0.29, 0.717) is 22.3 Å². The Bertz CT molecular complexity index is 928. The van der Waals surface area contributed by atoms with Crippen molar-refractivity contribution in [2.24, 2.45) is 0 Å². The number of hydrogen-bond acceptors (Lipinski definition) is 4. The van der Waals surface area contributed by atoms with Crippen LogP contribution in [-0.2, 0) is 10.0 Å². The fraction of sp³-hybridized carbons (Fsp3) is 0.350. The van der Waals surface area contributed by atoms with Crippen molar-refractivity contribution < 1.29 is 13.2 Å². The number of carbonyl (C=O) groups is 1. The van der Waals surface area contributed by atoms with E-state index in [1.165, 1.54) is 12.1 Å². The lowest BCUT2D eigenvalue weighted by atomic mass is 10.2. The molecule has 2 rings (SSSR count). The maximum absolute atomic E-state index is 12.8. The first kappa shape index (κ1) is 22.4. The third-order valence-corrected chi connectivity index (χ3v) is 6.44. The van der Waals surface area contributed by atoms with Crippen LogP contribution in [-0.4, -0.2) is 45.4 Å². The highest BCUT2D eigenvalue weighted by Gasteiger charge is 2.18. The molecule has 0 saturated carbocycles. The monoisotopic (exact) mass is 467 g/mol. The Morgan fingerprint density at radius 2 is 1.82 bits per heavy atom. The van der Waals surface area contributed by atoms with E-state index in [1.54, 1.807) is 24.3 Å². The highest BCUT2D eigenvalue weighted by atomic mass is 79.9. The molecule has 1 amide bonds. The highest BCUT2D eigenvalue weighted by molar-refractivity contribution is 9.10. The van der Waals surface area contributed by atoms with Gasteiger partial charge in [0.15, 0.2) is 0 Å². The van der Waals surface area contributed by atoms with Crippen molar-refractivity contribution in [3.8, 4) is 0 Å². The average Bonchev–Trinajstić information content (AvgIpc) is 2.68. The summed E-state index contributed by atoms with van der Waals surface area (Å²) in [6.07, 6.45) is 0. The van der Waals surface area contributed by atoms with Crippen molar-refractivity contribution in [2.45, 2.75) is 25.7 Å². The minimum Gasteiger partial charge on any atom is -0.351 e. The summed E-state index contributed by atoms with van der Waals surface area (Å²) in [7, 11) is -3.82. The van der Waals surface area contributed by atoms with Crippen LogP contribution in [0.15, 0.2) is 51.8 Å². The lowest BCUT2D eigenvalue weighted by molar-refractivity contribution is 0.0948. The summed E-state index contributed by atoms with van der Waals surface area (Å²) in [5.74, 6) is -0.291. The van der Waals surface area contributed by atoms with Crippen LogP contribution in [0.5, 0.6) is 0 Å². The fourth-order valence-electron chi connectivity index (χ4n) is 2.69. The van der Waals surface area contributed by atoms with E-state index in [-0.39, 0.29) is 10.8 Å². The van der Waals surface area contributed by atoms with Crippen molar-refractivity contribution in [2.75, 3.05) is 30.9 Å². The van der Waals surface area contributed by atoms with Gasteiger partial charge in [0, 0.05) is 23.1 Å². The lowest BCUT2D eigenvalue weighted by Crippen LogP contribution is -2.34. The quantitative estimate of drug-likeness (QED) is 0.589. The molecule has 8 heteroatoms. The van der Waals surface area contributed by atoms with Crippen LogP contribution in [0.2, 0.25) is 0 Å². The molecule has 0 unspecified atom stereocenters. The first-order valence-corrected chi connectivity index (χ1v) is 11.4. The number of benzene rings is 2. The van der Waals surface area contributed by atoms with Crippen molar-refractivity contribution in [3.63, 3.8) is 0 Å². The predicted molar refractivity (Wildman–Crippen MR) is 116 cm³/mol. The molecule has 0 spiro atoms. The third-order valence-electron chi connectivity index (χ3n) is 4.38. The van der Waals surface area contributed by atoms with Crippen LogP contribution in [0.1, 0.15) is 29.8 Å². The Labute approximate surface area is 175 Å². The van der Waals surface area contributed by atoms with Crippen molar-refractivity contribution >= 4 is 37.5 Å². The van der Waals surface area contributed by atoms with Crippen LogP contribution in [0.3, 0.4) is 0 Å². The Morgan fingerprint density at radius 3 is 2.50 bits per heavy atom. The summed E-state index contributed by atoms with van der Waals surface area (Å²) in [5.41, 5.74) is 1.70. The van der Waals surface area contributed by atoms with Crippen LogP contribution in [0, 0.1) is 6.92 Å². The zero-order chi connectivity index (χ0) is 20.7. The van der Waals surface area contributed by atoms with Crippen LogP contribution >= 0.6 is 15.9 Å². The van der Waals surface area contributed by atoms with Gasteiger partial charge in [-0.05, 0) is 71.8 Å². The molecule has 152 valence electrons. The predicted octanol–water partition coefficient (Wildman–Crippen LogP) is 3.63. The zero-order valence-electron chi connectivity index (χ0n) is 16.3. The highest BCUT2D eigenvalue weighted by Crippen LogP contribution is 2.26. The number of anilines is 1. The minimum absolute atomic E-state index is 0.0392. The first-order chi connectivity index (χ1) is 13.3. The van der Waals surface area contributed by atoms with E-state index in [4.69, 9.17) is 0 Å². The van der Waals surface area contributed by atoms with E-state index >= 15 is 0 Å². The number of likely N-dealkylation sites (N-methyl/N-ethyl adjacent to an activating group) is 1. The number of rotatable bonds is 9. The van der Waals surface area contributed by atoms with Gasteiger partial charge >= 0.3 is 0 Å². The molecule has 28 heavy (non-hydrogen) atoms. The van der Waals surface area contributed by atoms with Gasteiger partial charge in [0.1, 0.15) is 0 Å². The second-order valence-corrected chi connectivity index (χ2v) is 8.94. The van der Waals surface area contributed by atoms with Crippen molar-refractivity contribution in [3.05, 3.63) is 58.1 Å². The van der Waals surface area contributed by atoms with E-state index in [2.05, 4.69) is 44.7 Å². The number of sulfonamides is 1. The standard InChI is InChI=1S/C20H26BrN3O3S/c1-4-24(5-2)12-11-22-20(25)16-7-6-8-17(14-16)28(26,27)23-19-13-15(3)9-10-18(19)21/h6-10,13-14,23H,4-5,11-12H2,1-3H3,(H,22,25). The van der Waals surface area contributed by atoms with Crippen LogP contribution in [0.25, 0.3) is 0 Å². The molecule has 0 bridgehead atoms. The van der Waals surface area contributed by atoms with Gasteiger partial charge in [-0.15, -0.1) is 0 Å². The summed E-state index contributed by atoms with van der Waals surface area (Å²) in [6, 6.07) is 11.4. The van der Waals surface area contributed by atoms with E-state index < -0.39 is 10.0 Å². The molecule has 0 aliphatic heterocycles. The van der Waals surface area contributed by atoms with Gasteiger partial charge in [0.05, 0.1) is 10.6 Å². The van der Waals surface area contributed by atoms with Gasteiger partial charge in [0.25, 0.3) is 15.9 Å². The molecule has 2 aromatic rings. The molecule has 0 aromatic heterocycles. The normalized spacial score (nSPS) is 11.5. The van der Waals surface area contributed by atoms with Gasteiger partial charge in [0.2, 0.25) is 0 Å². The molecular weight excluding hydrogens is 442 g/mol. The maximum Gasteiger partial charge on any atom is 0.261 e. The number of nitrogens with zero attached hydrogens (tertiary/aromatic N) is 1. The fourth-order valence-corrected chi connectivity index (χ4v) is 4.29. The molecule has 6 nitrogen and oxygen atoms in total. The molecular formula is C20H26BrN3O3S. The smallest absolute Gasteiger partial charge is 0.261 e. The zero-order valence-corrected chi connectivity index (χ0v) is 18.7. The molecule has 0 saturated heterocycles. The topological polar surface area (TPSA) is 78.5 Å². The summed E-state index contributed by atoms with van der Waals surface area (Å²) in [5, 5.41) is 2.84. The minimum atomic E-state index is -3.82. The third kappa shape index (κ3) is 6.05. The Morgan fingerprint density at radius 1 is 1.11 bits per heavy atom. The molecule has 2 N–H and O–H groups in total. The largest absolute Gasteiger partial charge is 0.351 e. The first-order valence-electron chi connectivity index (χ1n) is 9.16. The van der Waals surface area contributed by atoms with Gasteiger partial charge in [-0.3, -0.25) is 9.52 Å². The van der Waals surface area contributed by atoms with Crippen LogP contribution < -0.4 is 10.0 Å². The van der Waals surface area contributed by atoms with E-state index in [1.807, 2.05) is 13.0 Å². The average molecular weight is 468 g/mol. The maximum atomic E-state index is 12.8. The summed E-state index contributed by atoms with van der Waals surface area (Å²) >= 11 is 3.35. The molecule has 0 atom stereocenters.